The fraction of sp³-hybridized carbons (Fsp3) is 0.227. The van der Waals surface area contributed by atoms with Gasteiger partial charge in [0.25, 0.3) is 0 Å². The van der Waals surface area contributed by atoms with Gasteiger partial charge in [-0.3, -0.25) is 4.40 Å². The molecule has 0 aliphatic carbocycles. The maximum atomic E-state index is 15.0. The number of para-hydroxylation sites is 1. The Labute approximate surface area is 196 Å². The molecule has 1 amide bonds. The van der Waals surface area contributed by atoms with E-state index in [0.717, 1.165) is 4.90 Å². The number of benzene rings is 2. The summed E-state index contributed by atoms with van der Waals surface area (Å²) in [4.78, 5) is 23.2. The fourth-order valence-corrected chi connectivity index (χ4v) is 3.99. The van der Waals surface area contributed by atoms with Gasteiger partial charge in [0.2, 0.25) is 0 Å². The number of hydrogen-bond donors (Lipinski definition) is 0. The van der Waals surface area contributed by atoms with E-state index < -0.39 is 17.5 Å². The highest BCUT2D eigenvalue weighted by atomic mass is 79.9. The second kappa shape index (κ2) is 8.22. The molecule has 7 nitrogen and oxygen atoms in total. The van der Waals surface area contributed by atoms with Crippen LogP contribution < -0.4 is 9.64 Å². The topological polar surface area (TPSA) is 69.0 Å². The first kappa shape index (κ1) is 22.3. The lowest BCUT2D eigenvalue weighted by Crippen LogP contribution is -2.35. The van der Waals surface area contributed by atoms with Crippen molar-refractivity contribution in [3.05, 3.63) is 58.2 Å². The van der Waals surface area contributed by atoms with Crippen molar-refractivity contribution in [3.63, 3.8) is 0 Å². The van der Waals surface area contributed by atoms with Crippen molar-refractivity contribution in [2.24, 2.45) is 0 Å². The van der Waals surface area contributed by atoms with Crippen molar-refractivity contribution in [2.45, 2.75) is 26.4 Å². The van der Waals surface area contributed by atoms with Crippen molar-refractivity contribution >= 4 is 61.7 Å². The van der Waals surface area contributed by atoms with E-state index in [1.807, 2.05) is 0 Å². The molecule has 0 fully saturated rings. The van der Waals surface area contributed by atoms with E-state index in [1.165, 1.54) is 24.4 Å². The number of methoxy groups -OCH3 is 1. The highest BCUT2D eigenvalue weighted by Gasteiger charge is 2.32. The molecule has 0 saturated carbocycles. The minimum absolute atomic E-state index is 0.0336. The first-order valence-electron chi connectivity index (χ1n) is 9.57. The van der Waals surface area contributed by atoms with Crippen LogP contribution in [0.4, 0.5) is 20.7 Å². The number of anilines is 2. The summed E-state index contributed by atoms with van der Waals surface area (Å²) in [5.74, 6) is 0.0235. The summed E-state index contributed by atoms with van der Waals surface area (Å²) in [7, 11) is 1.56. The molecule has 2 aromatic carbocycles. The molecule has 0 aliphatic heterocycles. The predicted octanol–water partition coefficient (Wildman–Crippen LogP) is 6.52. The molecule has 0 aliphatic rings. The third-order valence-electron chi connectivity index (χ3n) is 4.55. The molecule has 0 unspecified atom stereocenters. The minimum Gasteiger partial charge on any atom is -0.495 e. The van der Waals surface area contributed by atoms with Gasteiger partial charge < -0.3 is 9.47 Å². The number of halogens is 3. The molecule has 32 heavy (non-hydrogen) atoms. The van der Waals surface area contributed by atoms with Crippen LogP contribution in [0, 0.1) is 5.82 Å². The number of ether oxygens (including phenoxy) is 2. The maximum Gasteiger partial charge on any atom is 0.420 e. The number of aromatic nitrogens is 3. The van der Waals surface area contributed by atoms with Crippen LogP contribution in [0.25, 0.3) is 16.6 Å². The van der Waals surface area contributed by atoms with E-state index in [9.17, 15) is 9.18 Å². The smallest absolute Gasteiger partial charge is 0.420 e. The average molecular weight is 522 g/mol. The molecule has 0 bridgehead atoms. The lowest BCUT2D eigenvalue weighted by atomic mass is 10.2. The Morgan fingerprint density at radius 3 is 2.66 bits per heavy atom. The van der Waals surface area contributed by atoms with Gasteiger partial charge in [-0.15, -0.1) is 0 Å². The fourth-order valence-electron chi connectivity index (χ4n) is 3.25. The third kappa shape index (κ3) is 3.98. The number of hydrogen-bond acceptors (Lipinski definition) is 5. The summed E-state index contributed by atoms with van der Waals surface area (Å²) in [6.07, 6.45) is 2.28. The number of nitrogens with zero attached hydrogens (tertiary/aromatic N) is 4. The highest BCUT2D eigenvalue weighted by Crippen LogP contribution is 2.39. The van der Waals surface area contributed by atoms with Gasteiger partial charge in [-0.25, -0.2) is 24.1 Å². The first-order valence-corrected chi connectivity index (χ1v) is 10.7. The van der Waals surface area contributed by atoms with Gasteiger partial charge in [0.1, 0.15) is 28.4 Å². The zero-order chi connectivity index (χ0) is 23.2. The molecule has 0 spiro atoms. The van der Waals surface area contributed by atoms with Crippen LogP contribution in [0.3, 0.4) is 0 Å². The standard InChI is InChI=1S/C22H19BrClFN4O3/c1-22(2,3)32-21(30)29(19-13(24)6-5-7-14(19)25)20-17-10-26-11-28(17)16-9-18(31-4)12(23)8-15(16)27-20/h5-11H,1-4H3. The number of amides is 1. The molecule has 4 aromatic rings. The van der Waals surface area contributed by atoms with Crippen LogP contribution >= 0.6 is 27.5 Å². The van der Waals surface area contributed by atoms with Crippen molar-refractivity contribution in [1.29, 1.82) is 0 Å². The molecule has 2 heterocycles. The average Bonchev–Trinajstić information content (AvgIpc) is 3.18. The summed E-state index contributed by atoms with van der Waals surface area (Å²) < 4.78 is 28.3. The van der Waals surface area contributed by atoms with Crippen LogP contribution in [0.1, 0.15) is 20.8 Å². The monoisotopic (exact) mass is 520 g/mol. The van der Waals surface area contributed by atoms with Gasteiger partial charge in [0.15, 0.2) is 5.82 Å². The van der Waals surface area contributed by atoms with Gasteiger partial charge in [-0.2, -0.15) is 0 Å². The molecular weight excluding hydrogens is 503 g/mol. The Kier molecular flexibility index (Phi) is 5.72. The van der Waals surface area contributed by atoms with Gasteiger partial charge in [0.05, 0.1) is 40.2 Å². The maximum absolute atomic E-state index is 15.0. The largest absolute Gasteiger partial charge is 0.495 e. The van der Waals surface area contributed by atoms with Crippen molar-refractivity contribution in [1.82, 2.24) is 14.4 Å². The lowest BCUT2D eigenvalue weighted by Gasteiger charge is -2.28. The molecule has 4 rings (SSSR count). The minimum atomic E-state index is -0.836. The zero-order valence-electron chi connectivity index (χ0n) is 17.7. The Morgan fingerprint density at radius 1 is 1.25 bits per heavy atom. The van der Waals surface area contributed by atoms with Gasteiger partial charge in [0, 0.05) is 6.07 Å². The molecule has 0 saturated heterocycles. The van der Waals surface area contributed by atoms with Crippen LogP contribution in [0.5, 0.6) is 5.75 Å². The van der Waals surface area contributed by atoms with Crippen LogP contribution in [-0.2, 0) is 4.74 Å². The molecule has 0 atom stereocenters. The Hall–Kier alpha value is -2.91. The van der Waals surface area contributed by atoms with Crippen molar-refractivity contribution in [3.8, 4) is 5.75 Å². The van der Waals surface area contributed by atoms with Crippen molar-refractivity contribution < 1.29 is 18.7 Å². The van der Waals surface area contributed by atoms with Crippen LogP contribution in [0.15, 0.2) is 47.3 Å². The normalized spacial score (nSPS) is 11.7. The third-order valence-corrected chi connectivity index (χ3v) is 5.48. The van der Waals surface area contributed by atoms with Gasteiger partial charge in [-0.05, 0) is 54.9 Å². The van der Waals surface area contributed by atoms with E-state index in [1.54, 1.807) is 50.7 Å². The zero-order valence-corrected chi connectivity index (χ0v) is 20.0. The number of rotatable bonds is 3. The molecule has 0 N–H and O–H groups in total. The summed E-state index contributed by atoms with van der Waals surface area (Å²) in [6.45, 7) is 5.16. The summed E-state index contributed by atoms with van der Waals surface area (Å²) in [6, 6.07) is 7.70. The molecular formula is C22H19BrClFN4O3. The Balaban J connectivity index is 2.05. The number of carbonyl (C=O) groups excluding carboxylic acids is 1. The quantitative estimate of drug-likeness (QED) is 0.307. The van der Waals surface area contributed by atoms with E-state index >= 15 is 0 Å². The van der Waals surface area contributed by atoms with E-state index in [-0.39, 0.29) is 16.5 Å². The van der Waals surface area contributed by atoms with E-state index in [4.69, 9.17) is 21.1 Å². The second-order valence-corrected chi connectivity index (χ2v) is 9.21. The first-order chi connectivity index (χ1) is 15.1. The lowest BCUT2D eigenvalue weighted by molar-refractivity contribution is 0.0597. The van der Waals surface area contributed by atoms with E-state index in [0.29, 0.717) is 26.8 Å². The highest BCUT2D eigenvalue weighted by molar-refractivity contribution is 9.10. The van der Waals surface area contributed by atoms with Crippen LogP contribution in [-0.4, -0.2) is 33.2 Å². The summed E-state index contributed by atoms with van der Waals surface area (Å²) >= 11 is 9.79. The molecule has 2 aromatic heterocycles. The second-order valence-electron chi connectivity index (χ2n) is 7.95. The summed E-state index contributed by atoms with van der Waals surface area (Å²) in [5, 5.41) is 0.0336. The summed E-state index contributed by atoms with van der Waals surface area (Å²) in [5.41, 5.74) is 0.652. The predicted molar refractivity (Wildman–Crippen MR) is 125 cm³/mol. The number of carbonyl (C=O) groups is 1. The molecule has 10 heteroatoms. The Morgan fingerprint density at radius 2 is 2.00 bits per heavy atom. The van der Waals surface area contributed by atoms with Gasteiger partial charge >= 0.3 is 6.09 Å². The number of fused-ring (bicyclic) bond motifs is 3. The van der Waals surface area contributed by atoms with Crippen LogP contribution in [0.2, 0.25) is 5.02 Å². The van der Waals surface area contributed by atoms with Gasteiger partial charge in [-0.1, -0.05) is 17.7 Å². The van der Waals surface area contributed by atoms with Crippen molar-refractivity contribution in [2.75, 3.05) is 12.0 Å². The SMILES string of the molecule is COc1cc2c(cc1Br)nc(N(C(=O)OC(C)(C)C)c1c(F)cccc1Cl)c1cncn12. The molecule has 166 valence electrons. The number of imidazole rings is 1. The Bertz CT molecular complexity index is 1330. The van der Waals surface area contributed by atoms with E-state index in [2.05, 4.69) is 25.9 Å². The molecule has 0 radical (unpaired) electrons.